The molecule has 0 saturated carbocycles. The van der Waals surface area contributed by atoms with E-state index in [1.165, 1.54) is 0 Å². The van der Waals surface area contributed by atoms with Crippen molar-refractivity contribution in [2.45, 2.75) is 40.7 Å². The molecule has 0 bridgehead atoms. The van der Waals surface area contributed by atoms with Gasteiger partial charge in [0.1, 0.15) is 6.10 Å². The minimum Gasteiger partial charge on any atom is -0.376 e. The molecule has 0 aromatic heterocycles. The summed E-state index contributed by atoms with van der Waals surface area (Å²) in [5.74, 6) is 10.8. The molecule has 0 rings (SSSR count). The van der Waals surface area contributed by atoms with E-state index in [1.807, 2.05) is 6.92 Å². The van der Waals surface area contributed by atoms with Crippen LogP contribution in [0.4, 0.5) is 0 Å². The summed E-state index contributed by atoms with van der Waals surface area (Å²) in [6.07, 6.45) is 0.330. The van der Waals surface area contributed by atoms with Crippen molar-refractivity contribution in [1.29, 1.82) is 0 Å². The lowest BCUT2D eigenvalue weighted by Crippen LogP contribution is -2.01. The third-order valence-corrected chi connectivity index (χ3v) is 1.54. The second-order valence-electron chi connectivity index (χ2n) is 2.51. The summed E-state index contributed by atoms with van der Waals surface area (Å²) in [5, 5.41) is 9.85. The SMILES string of the molecule is C.C=C(C)C(O)C#CC.CC#CCCBr.[B]. The minimum atomic E-state index is -0.639. The van der Waals surface area contributed by atoms with E-state index in [4.69, 9.17) is 5.11 Å². The molecule has 0 amide bonds. The third-order valence-electron chi connectivity index (χ3n) is 1.14. The number of aliphatic hydroxyl groups excluding tert-OH is 1. The van der Waals surface area contributed by atoms with Gasteiger partial charge in [0.05, 0.1) is 0 Å². The molecule has 3 heteroatoms. The van der Waals surface area contributed by atoms with Crippen molar-refractivity contribution in [1.82, 2.24) is 0 Å². The van der Waals surface area contributed by atoms with Gasteiger partial charge >= 0.3 is 0 Å². The van der Waals surface area contributed by atoms with Crippen LogP contribution in [0, 0.1) is 23.7 Å². The van der Waals surface area contributed by atoms with Gasteiger partial charge in [-0.15, -0.1) is 17.8 Å². The Kier molecular flexibility index (Phi) is 30.5. The lowest BCUT2D eigenvalue weighted by molar-refractivity contribution is 0.269. The van der Waals surface area contributed by atoms with E-state index in [0.717, 1.165) is 11.8 Å². The summed E-state index contributed by atoms with van der Waals surface area (Å²) in [4.78, 5) is 0. The molecule has 0 saturated heterocycles. The third kappa shape index (κ3) is 23.3. The van der Waals surface area contributed by atoms with E-state index in [-0.39, 0.29) is 15.8 Å². The molecule has 0 aromatic carbocycles. The highest BCUT2D eigenvalue weighted by Gasteiger charge is 1.94. The van der Waals surface area contributed by atoms with Crippen molar-refractivity contribution in [2.75, 3.05) is 5.33 Å². The van der Waals surface area contributed by atoms with Gasteiger partial charge in [-0.1, -0.05) is 35.9 Å². The van der Waals surface area contributed by atoms with Crippen molar-refractivity contribution in [3.8, 4) is 23.7 Å². The normalized spacial score (nSPS) is 8.06. The molecule has 3 radical (unpaired) electrons. The first-order valence-corrected chi connectivity index (χ1v) is 5.43. The van der Waals surface area contributed by atoms with Crippen LogP contribution in [0.25, 0.3) is 0 Å². The number of hydrogen-bond acceptors (Lipinski definition) is 1. The fourth-order valence-electron chi connectivity index (χ4n) is 0.432. The monoisotopic (exact) mass is 283 g/mol. The van der Waals surface area contributed by atoms with Crippen molar-refractivity contribution in [3.05, 3.63) is 12.2 Å². The highest BCUT2D eigenvalue weighted by Crippen LogP contribution is 1.93. The predicted molar refractivity (Wildman–Crippen MR) is 78.6 cm³/mol. The maximum Gasteiger partial charge on any atom is 0.135 e. The molecule has 1 atom stereocenters. The lowest BCUT2D eigenvalue weighted by atomic mass is 10.2. The van der Waals surface area contributed by atoms with Crippen molar-refractivity contribution in [3.63, 3.8) is 0 Å². The van der Waals surface area contributed by atoms with E-state index >= 15 is 0 Å². The zero-order valence-corrected chi connectivity index (χ0v) is 11.2. The van der Waals surface area contributed by atoms with Gasteiger partial charge in [-0.2, -0.15) is 0 Å². The molecule has 89 valence electrons. The van der Waals surface area contributed by atoms with E-state index in [0.29, 0.717) is 5.57 Å². The summed E-state index contributed by atoms with van der Waals surface area (Å²) in [5.41, 5.74) is 0.694. The number of hydrogen-bond donors (Lipinski definition) is 1. The van der Waals surface area contributed by atoms with Crippen molar-refractivity contribution in [2.24, 2.45) is 0 Å². The van der Waals surface area contributed by atoms with Gasteiger partial charge in [0, 0.05) is 20.2 Å². The van der Waals surface area contributed by atoms with Gasteiger partial charge < -0.3 is 5.11 Å². The number of halogens is 1. The second-order valence-corrected chi connectivity index (χ2v) is 3.30. The maximum absolute atomic E-state index is 8.85. The van der Waals surface area contributed by atoms with Crippen LogP contribution in [0.1, 0.15) is 34.6 Å². The molecular weight excluding hydrogens is 263 g/mol. The molecule has 16 heavy (non-hydrogen) atoms. The highest BCUT2D eigenvalue weighted by atomic mass is 79.9. The van der Waals surface area contributed by atoms with Crippen LogP contribution in [0.2, 0.25) is 0 Å². The highest BCUT2D eigenvalue weighted by molar-refractivity contribution is 9.09. The molecule has 0 fully saturated rings. The zero-order valence-electron chi connectivity index (χ0n) is 9.60. The molecule has 0 heterocycles. The quantitative estimate of drug-likeness (QED) is 0.358. The first-order chi connectivity index (χ1) is 6.59. The maximum atomic E-state index is 8.85. The van der Waals surface area contributed by atoms with E-state index in [1.54, 1.807) is 13.8 Å². The Labute approximate surface area is 111 Å². The molecule has 0 aliphatic rings. The standard InChI is InChI=1S/C7H10O.C5H7Br.CH4.B/c1-4-5-7(8)6(2)3;1-2-3-4-5-6;;/h7-8H,2H2,1,3H3;4-5H2,1H3;1H4;. The van der Waals surface area contributed by atoms with E-state index in [2.05, 4.69) is 46.2 Å². The Morgan fingerprint density at radius 1 is 1.38 bits per heavy atom. The average Bonchev–Trinajstić information content (AvgIpc) is 2.16. The second kappa shape index (κ2) is 19.9. The topological polar surface area (TPSA) is 20.2 Å². The Morgan fingerprint density at radius 2 is 1.88 bits per heavy atom. The van der Waals surface area contributed by atoms with Crippen LogP contribution in [0.3, 0.4) is 0 Å². The molecule has 0 aliphatic heterocycles. The number of alkyl halides is 1. The van der Waals surface area contributed by atoms with Crippen LogP contribution in [0.5, 0.6) is 0 Å². The van der Waals surface area contributed by atoms with Crippen LogP contribution in [0.15, 0.2) is 12.2 Å². The first kappa shape index (κ1) is 24.5. The fraction of sp³-hybridized carbons (Fsp3) is 0.538. The van der Waals surface area contributed by atoms with Crippen LogP contribution in [-0.2, 0) is 0 Å². The Hall–Kier alpha value is -0.635. The first-order valence-electron chi connectivity index (χ1n) is 4.31. The summed E-state index contributed by atoms with van der Waals surface area (Å²) >= 11 is 3.25. The van der Waals surface area contributed by atoms with Crippen molar-refractivity contribution >= 4 is 24.3 Å². The summed E-state index contributed by atoms with van der Waals surface area (Å²) < 4.78 is 0. The zero-order chi connectivity index (χ0) is 11.4. The largest absolute Gasteiger partial charge is 0.376 e. The van der Waals surface area contributed by atoms with Gasteiger partial charge in [0.2, 0.25) is 0 Å². The van der Waals surface area contributed by atoms with Crippen LogP contribution >= 0.6 is 15.9 Å². The van der Waals surface area contributed by atoms with Gasteiger partial charge in [-0.05, 0) is 26.3 Å². The van der Waals surface area contributed by atoms with Crippen molar-refractivity contribution < 1.29 is 5.11 Å². The van der Waals surface area contributed by atoms with Gasteiger partial charge in [-0.3, -0.25) is 0 Å². The summed E-state index contributed by atoms with van der Waals surface area (Å²) in [6.45, 7) is 8.80. The van der Waals surface area contributed by atoms with Crippen LogP contribution in [-0.4, -0.2) is 25.0 Å². The predicted octanol–water partition coefficient (Wildman–Crippen LogP) is 3.00. The summed E-state index contributed by atoms with van der Waals surface area (Å²) in [6, 6.07) is 0. The number of aliphatic hydroxyl groups is 1. The smallest absolute Gasteiger partial charge is 0.135 e. The van der Waals surface area contributed by atoms with Gasteiger partial charge in [0.15, 0.2) is 0 Å². The Bertz CT molecular complexity index is 265. The van der Waals surface area contributed by atoms with Crippen LogP contribution < -0.4 is 0 Å². The average molecular weight is 284 g/mol. The Morgan fingerprint density at radius 3 is 2.00 bits per heavy atom. The van der Waals surface area contributed by atoms with E-state index in [9.17, 15) is 0 Å². The lowest BCUT2D eigenvalue weighted by Gasteiger charge is -1.97. The molecular formula is C13H21BBrO. The van der Waals surface area contributed by atoms with E-state index < -0.39 is 6.10 Å². The minimum absolute atomic E-state index is 0. The van der Waals surface area contributed by atoms with Gasteiger partial charge in [-0.25, -0.2) is 0 Å². The Balaban J connectivity index is -0.0000000825. The molecule has 1 nitrogen and oxygen atoms in total. The molecule has 1 N–H and O–H groups in total. The van der Waals surface area contributed by atoms with Gasteiger partial charge in [0.25, 0.3) is 0 Å². The summed E-state index contributed by atoms with van der Waals surface area (Å²) in [7, 11) is 0. The fourth-order valence-corrected chi connectivity index (χ4v) is 0.630. The molecule has 1 unspecified atom stereocenters. The molecule has 0 aliphatic carbocycles. The molecule has 0 spiro atoms. The molecule has 0 aromatic rings. The number of rotatable bonds is 2.